The van der Waals surface area contributed by atoms with Crippen molar-refractivity contribution in [2.24, 2.45) is 11.7 Å². The highest BCUT2D eigenvalue weighted by atomic mass is 32.2. The van der Waals surface area contributed by atoms with Crippen LogP contribution in [0.4, 0.5) is 11.4 Å². The minimum absolute atomic E-state index is 0. The number of rotatable bonds is 8. The summed E-state index contributed by atoms with van der Waals surface area (Å²) in [5.41, 5.74) is 7.48. The smallest absolute Gasteiger partial charge is 0.306 e. The molecule has 2 aromatic carbocycles. The number of carbonyl (C=O) groups excluding carboxylic acids is 1. The van der Waals surface area contributed by atoms with Crippen LogP contribution in [-0.4, -0.2) is 74.7 Å². The van der Waals surface area contributed by atoms with Crippen molar-refractivity contribution in [1.82, 2.24) is 9.44 Å². The number of sulfonamides is 2. The second-order valence-electron chi connectivity index (χ2n) is 11.9. The molecule has 0 amide bonds. The van der Waals surface area contributed by atoms with Gasteiger partial charge in [0.1, 0.15) is 5.60 Å². The number of hydrogen-bond donors (Lipinski definition) is 3. The number of benzene rings is 2. The average molecular weight is 670 g/mol. The van der Waals surface area contributed by atoms with Gasteiger partial charge in [-0.15, -0.1) is 0 Å². The van der Waals surface area contributed by atoms with E-state index >= 15 is 0 Å². The fourth-order valence-electron chi connectivity index (χ4n) is 5.08. The third kappa shape index (κ3) is 12.2. The lowest BCUT2D eigenvalue weighted by Gasteiger charge is -2.33. The van der Waals surface area contributed by atoms with Gasteiger partial charge in [-0.25, -0.2) is 26.3 Å². The first-order valence-corrected chi connectivity index (χ1v) is 17.6. The van der Waals surface area contributed by atoms with Gasteiger partial charge in [0.15, 0.2) is 0 Å². The summed E-state index contributed by atoms with van der Waals surface area (Å²) in [7, 11) is -3.93. The Balaban J connectivity index is 0.000000451. The maximum absolute atomic E-state index is 11.9. The van der Waals surface area contributed by atoms with Gasteiger partial charge in [-0.1, -0.05) is 14.9 Å². The number of ether oxygens (including phenoxy) is 1. The monoisotopic (exact) mass is 669 g/mol. The quantitative estimate of drug-likeness (QED) is 0.349. The number of nitrogens with one attached hydrogen (secondary N) is 2. The molecule has 0 atom stereocenters. The van der Waals surface area contributed by atoms with Gasteiger partial charge in [0, 0.05) is 50.0 Å². The number of esters is 1. The molecule has 2 aliphatic rings. The topological polar surface area (TPSA) is 151 Å². The molecule has 256 valence electrons. The van der Waals surface area contributed by atoms with Crippen LogP contribution in [-0.2, 0) is 29.6 Å². The summed E-state index contributed by atoms with van der Waals surface area (Å²) in [4.78, 5) is 17.0. The van der Waals surface area contributed by atoms with E-state index in [9.17, 15) is 21.6 Å². The van der Waals surface area contributed by atoms with E-state index in [-0.39, 0.29) is 25.7 Å². The molecular weight excluding hydrogens is 615 g/mol. The first kappa shape index (κ1) is 40.3. The van der Waals surface area contributed by atoms with Crippen molar-refractivity contribution in [3.05, 3.63) is 48.5 Å². The van der Waals surface area contributed by atoms with E-state index in [4.69, 9.17) is 10.5 Å². The van der Waals surface area contributed by atoms with Gasteiger partial charge in [0.2, 0.25) is 20.0 Å². The van der Waals surface area contributed by atoms with Gasteiger partial charge in [-0.3, -0.25) is 4.79 Å². The van der Waals surface area contributed by atoms with E-state index < -0.39 is 25.6 Å². The van der Waals surface area contributed by atoms with Crippen LogP contribution < -0.4 is 25.0 Å². The van der Waals surface area contributed by atoms with Crippen LogP contribution in [0.3, 0.4) is 0 Å². The number of carbonyl (C=O) groups is 1. The summed E-state index contributed by atoms with van der Waals surface area (Å²) in [6, 6.07) is 14.2. The second kappa shape index (κ2) is 17.3. The summed E-state index contributed by atoms with van der Waals surface area (Å²) in [5.74, 6) is 0.211. The Morgan fingerprint density at radius 2 is 1.11 bits per heavy atom. The van der Waals surface area contributed by atoms with Crippen molar-refractivity contribution >= 4 is 37.4 Å². The summed E-state index contributed by atoms with van der Waals surface area (Å²) < 4.78 is 56.7. The second-order valence-corrected chi connectivity index (χ2v) is 15.7. The molecule has 0 aromatic heterocycles. The highest BCUT2D eigenvalue weighted by Gasteiger charge is 2.25. The summed E-state index contributed by atoms with van der Waals surface area (Å²) in [6.07, 6.45) is 4.28. The van der Waals surface area contributed by atoms with Crippen LogP contribution in [0.5, 0.6) is 0 Å². The predicted molar refractivity (Wildman–Crippen MR) is 184 cm³/mol. The zero-order valence-electron chi connectivity index (χ0n) is 25.9. The van der Waals surface area contributed by atoms with Gasteiger partial charge in [-0.05, 0) is 115 Å². The van der Waals surface area contributed by atoms with Crippen molar-refractivity contribution in [1.29, 1.82) is 0 Å². The molecule has 0 saturated carbocycles. The maximum atomic E-state index is 11.9. The van der Waals surface area contributed by atoms with E-state index in [1.54, 1.807) is 24.3 Å². The predicted octanol–water partition coefficient (Wildman–Crippen LogP) is 4.34. The molecule has 4 rings (SSSR count). The number of nitrogens with zero attached hydrogens (tertiary/aromatic N) is 2. The van der Waals surface area contributed by atoms with Gasteiger partial charge in [0.05, 0.1) is 9.79 Å². The first-order valence-electron chi connectivity index (χ1n) is 14.7. The SMILES string of the molecule is C.C.CNS(=O)(=O)c1ccc(N2CCC(CC(=O)OC(C)(C)C)CC2)cc1.CNS(=O)(=O)c1ccc(N2CCC(N)CC2)cc1. The lowest BCUT2D eigenvalue weighted by molar-refractivity contribution is -0.156. The van der Waals surface area contributed by atoms with Crippen LogP contribution >= 0.6 is 0 Å². The minimum atomic E-state index is -3.40. The number of hydrogen-bond acceptors (Lipinski definition) is 9. The molecule has 0 bridgehead atoms. The standard InChI is InChI=1S/C18H28N2O4S.C12H19N3O2S.2CH4/c1-18(2,3)24-17(21)13-14-9-11-20(12-10-14)15-5-7-16(8-6-15)25(22,23)19-4;1-14-18(16,17)12-4-2-11(3-5-12)15-8-6-10(13)7-9-15;;/h5-8,14,19H,9-13H2,1-4H3;2-5,10,14H,6-9,13H2,1H3;2*1H4. The molecular formula is C32H55N5O6S2. The van der Waals surface area contributed by atoms with E-state index in [1.165, 1.54) is 14.1 Å². The van der Waals surface area contributed by atoms with Crippen LogP contribution in [0.2, 0.25) is 0 Å². The third-order valence-electron chi connectivity index (χ3n) is 7.59. The van der Waals surface area contributed by atoms with Crippen molar-refractivity contribution in [2.45, 2.75) is 89.2 Å². The molecule has 0 spiro atoms. The zero-order chi connectivity index (χ0) is 31.8. The molecule has 0 aliphatic carbocycles. The fourth-order valence-corrected chi connectivity index (χ4v) is 6.54. The zero-order valence-corrected chi connectivity index (χ0v) is 27.5. The lowest BCUT2D eigenvalue weighted by atomic mass is 9.93. The van der Waals surface area contributed by atoms with E-state index in [1.807, 2.05) is 45.0 Å². The molecule has 2 saturated heterocycles. The Morgan fingerprint density at radius 3 is 1.44 bits per heavy atom. The summed E-state index contributed by atoms with van der Waals surface area (Å²) in [5, 5.41) is 0. The molecule has 2 aliphatic heterocycles. The van der Waals surface area contributed by atoms with Gasteiger partial charge >= 0.3 is 5.97 Å². The highest BCUT2D eigenvalue weighted by molar-refractivity contribution is 7.89. The number of piperidine rings is 2. The number of nitrogens with two attached hydrogens (primary N) is 1. The largest absolute Gasteiger partial charge is 0.460 e. The van der Waals surface area contributed by atoms with Gasteiger partial charge < -0.3 is 20.3 Å². The van der Waals surface area contributed by atoms with Crippen molar-refractivity contribution in [2.75, 3.05) is 50.1 Å². The van der Waals surface area contributed by atoms with Crippen LogP contribution in [0.25, 0.3) is 0 Å². The highest BCUT2D eigenvalue weighted by Crippen LogP contribution is 2.27. The molecule has 2 heterocycles. The Hall–Kier alpha value is -2.71. The number of anilines is 2. The fraction of sp³-hybridized carbons (Fsp3) is 0.594. The third-order valence-corrected chi connectivity index (χ3v) is 10.5. The van der Waals surface area contributed by atoms with Gasteiger partial charge in [0.25, 0.3) is 0 Å². The van der Waals surface area contributed by atoms with Crippen LogP contribution in [0, 0.1) is 5.92 Å². The summed E-state index contributed by atoms with van der Waals surface area (Å²) >= 11 is 0. The Labute approximate surface area is 272 Å². The molecule has 4 N–H and O–H groups in total. The molecule has 13 heteroatoms. The Morgan fingerprint density at radius 1 is 0.756 bits per heavy atom. The molecule has 2 aromatic rings. The first-order chi connectivity index (χ1) is 20.1. The van der Waals surface area contributed by atoms with E-state index in [0.717, 1.165) is 63.2 Å². The normalized spacial score (nSPS) is 16.5. The van der Waals surface area contributed by atoms with E-state index in [2.05, 4.69) is 19.2 Å². The Bertz CT molecular complexity index is 1390. The maximum Gasteiger partial charge on any atom is 0.306 e. The Kier molecular flexibility index (Phi) is 15.5. The average Bonchev–Trinajstić information content (AvgIpc) is 2.97. The van der Waals surface area contributed by atoms with E-state index in [0.29, 0.717) is 23.3 Å². The van der Waals surface area contributed by atoms with Crippen molar-refractivity contribution in [3.63, 3.8) is 0 Å². The molecule has 45 heavy (non-hydrogen) atoms. The van der Waals surface area contributed by atoms with Crippen LogP contribution in [0.15, 0.2) is 58.3 Å². The molecule has 0 radical (unpaired) electrons. The molecule has 0 unspecified atom stereocenters. The van der Waals surface area contributed by atoms with Crippen molar-refractivity contribution in [3.8, 4) is 0 Å². The lowest BCUT2D eigenvalue weighted by Crippen LogP contribution is -2.39. The summed E-state index contributed by atoms with van der Waals surface area (Å²) in [6.45, 7) is 9.21. The molecule has 11 nitrogen and oxygen atoms in total. The van der Waals surface area contributed by atoms with Crippen LogP contribution in [0.1, 0.15) is 67.7 Å². The van der Waals surface area contributed by atoms with Gasteiger partial charge in [-0.2, -0.15) is 0 Å². The molecule has 2 fully saturated rings. The van der Waals surface area contributed by atoms with Crippen molar-refractivity contribution < 1.29 is 26.4 Å². The minimum Gasteiger partial charge on any atom is -0.460 e.